The van der Waals surface area contributed by atoms with Gasteiger partial charge in [-0.1, -0.05) is 53.4 Å². The molecular weight excluding hydrogens is 398 g/mol. The van der Waals surface area contributed by atoms with Crippen LogP contribution in [0.3, 0.4) is 0 Å². The summed E-state index contributed by atoms with van der Waals surface area (Å²) >= 11 is 0. The van der Waals surface area contributed by atoms with Gasteiger partial charge in [-0.2, -0.15) is 0 Å². The molecule has 0 spiro atoms. The zero-order valence-electron chi connectivity index (χ0n) is 20.5. The lowest BCUT2D eigenvalue weighted by molar-refractivity contribution is -0.308. The normalized spacial score (nSPS) is 26.2. The van der Waals surface area contributed by atoms with E-state index in [2.05, 4.69) is 27.7 Å². The van der Waals surface area contributed by atoms with Crippen molar-refractivity contribution in [2.24, 2.45) is 0 Å². The summed E-state index contributed by atoms with van der Waals surface area (Å²) in [5, 5.41) is 7.85. The zero-order valence-corrected chi connectivity index (χ0v) is 20.5. The van der Waals surface area contributed by atoms with Crippen LogP contribution >= 0.6 is 0 Å². The Morgan fingerprint density at radius 3 is 1.71 bits per heavy atom. The average Bonchev–Trinajstić information content (AvgIpc) is 2.74. The number of hydrogen-bond acceptors (Lipinski definition) is 7. The Morgan fingerprint density at radius 2 is 1.19 bits per heavy atom. The minimum Gasteiger partial charge on any atom is -0.450 e. The van der Waals surface area contributed by atoms with Crippen LogP contribution in [-0.4, -0.2) is 69.6 Å². The van der Waals surface area contributed by atoms with Crippen LogP contribution in [0.25, 0.3) is 0 Å². The first-order valence-electron chi connectivity index (χ1n) is 12.4. The summed E-state index contributed by atoms with van der Waals surface area (Å²) in [6.45, 7) is 13.1. The van der Waals surface area contributed by atoms with Gasteiger partial charge < -0.3 is 28.4 Å². The molecule has 7 heteroatoms. The zero-order chi connectivity index (χ0) is 22.9. The Bertz CT molecular complexity index is 450. The standard InChI is InChI=1S/C24H47NO6/c1-6-10-14-26-18-20-21(27-15-11-7-2)22(28-16-12-8-3)23(29-17-13-9-4)24(31-20)30-19(5)25/h20-25H,6-18H2,1-5H3. The second kappa shape index (κ2) is 17.8. The average molecular weight is 446 g/mol. The molecular formula is C24H47NO6. The van der Waals surface area contributed by atoms with Crippen LogP contribution in [0.2, 0.25) is 0 Å². The van der Waals surface area contributed by atoms with Crippen LogP contribution in [-0.2, 0) is 28.4 Å². The Morgan fingerprint density at radius 1 is 0.710 bits per heavy atom. The fraction of sp³-hybridized carbons (Fsp3) is 0.958. The van der Waals surface area contributed by atoms with Crippen LogP contribution in [0.5, 0.6) is 0 Å². The van der Waals surface area contributed by atoms with E-state index in [0.717, 1.165) is 51.4 Å². The Labute approximate surface area is 189 Å². The molecule has 1 aliphatic heterocycles. The first-order valence-corrected chi connectivity index (χ1v) is 12.4. The second-order valence-corrected chi connectivity index (χ2v) is 8.21. The molecule has 184 valence electrons. The minimum atomic E-state index is -0.716. The maximum Gasteiger partial charge on any atom is 0.230 e. The van der Waals surface area contributed by atoms with Crippen molar-refractivity contribution in [2.75, 3.05) is 33.0 Å². The quantitative estimate of drug-likeness (QED) is 0.180. The predicted molar refractivity (Wildman–Crippen MR) is 123 cm³/mol. The van der Waals surface area contributed by atoms with Gasteiger partial charge in [-0.3, -0.25) is 5.41 Å². The van der Waals surface area contributed by atoms with Gasteiger partial charge in [0, 0.05) is 33.4 Å². The largest absolute Gasteiger partial charge is 0.450 e. The number of nitrogens with one attached hydrogen (secondary N) is 1. The number of unbranched alkanes of at least 4 members (excludes halogenated alkanes) is 4. The van der Waals surface area contributed by atoms with Gasteiger partial charge in [-0.15, -0.1) is 0 Å². The van der Waals surface area contributed by atoms with E-state index in [4.69, 9.17) is 33.8 Å². The Hall–Kier alpha value is -0.730. The van der Waals surface area contributed by atoms with E-state index < -0.39 is 12.4 Å². The lowest BCUT2D eigenvalue weighted by Crippen LogP contribution is -2.62. The topological polar surface area (TPSA) is 79.2 Å². The molecule has 0 aromatic carbocycles. The third-order valence-corrected chi connectivity index (χ3v) is 5.23. The molecule has 0 aliphatic carbocycles. The Balaban J connectivity index is 3.06. The first kappa shape index (κ1) is 28.3. The highest BCUT2D eigenvalue weighted by Gasteiger charge is 2.49. The monoisotopic (exact) mass is 445 g/mol. The molecule has 5 atom stereocenters. The molecule has 0 aromatic heterocycles. The van der Waals surface area contributed by atoms with Gasteiger partial charge in [0.25, 0.3) is 0 Å². The minimum absolute atomic E-state index is 0.0948. The molecule has 1 aliphatic rings. The van der Waals surface area contributed by atoms with Gasteiger partial charge in [0.2, 0.25) is 6.29 Å². The lowest BCUT2D eigenvalue weighted by atomic mass is 9.98. The van der Waals surface area contributed by atoms with Crippen LogP contribution in [0.1, 0.15) is 86.0 Å². The van der Waals surface area contributed by atoms with E-state index in [9.17, 15) is 0 Å². The first-order chi connectivity index (χ1) is 15.1. The van der Waals surface area contributed by atoms with E-state index in [0.29, 0.717) is 33.0 Å². The van der Waals surface area contributed by atoms with Gasteiger partial charge in [0.15, 0.2) is 5.90 Å². The highest BCUT2D eigenvalue weighted by atomic mass is 16.7. The summed E-state index contributed by atoms with van der Waals surface area (Å²) in [5.41, 5.74) is 0. The summed E-state index contributed by atoms with van der Waals surface area (Å²) in [7, 11) is 0. The smallest absolute Gasteiger partial charge is 0.230 e. The van der Waals surface area contributed by atoms with Crippen molar-refractivity contribution in [1.29, 1.82) is 5.41 Å². The highest BCUT2D eigenvalue weighted by Crippen LogP contribution is 2.30. The number of hydrogen-bond donors (Lipinski definition) is 1. The molecule has 1 N–H and O–H groups in total. The van der Waals surface area contributed by atoms with Crippen molar-refractivity contribution in [3.63, 3.8) is 0 Å². The predicted octanol–water partition coefficient (Wildman–Crippen LogP) is 5.10. The lowest BCUT2D eigenvalue weighted by Gasteiger charge is -2.45. The summed E-state index contributed by atoms with van der Waals surface area (Å²) < 4.78 is 36.8. The number of rotatable bonds is 18. The molecule has 1 fully saturated rings. The summed E-state index contributed by atoms with van der Waals surface area (Å²) in [6.07, 6.45) is 5.97. The summed E-state index contributed by atoms with van der Waals surface area (Å²) in [6, 6.07) is 0. The highest BCUT2D eigenvalue weighted by molar-refractivity contribution is 5.69. The van der Waals surface area contributed by atoms with E-state index in [1.165, 1.54) is 0 Å². The third-order valence-electron chi connectivity index (χ3n) is 5.23. The molecule has 1 saturated heterocycles. The molecule has 7 nitrogen and oxygen atoms in total. The molecule has 0 aromatic rings. The molecule has 31 heavy (non-hydrogen) atoms. The maximum atomic E-state index is 7.85. The van der Waals surface area contributed by atoms with E-state index in [-0.39, 0.29) is 24.2 Å². The fourth-order valence-electron chi connectivity index (χ4n) is 3.39. The van der Waals surface area contributed by atoms with Crippen LogP contribution < -0.4 is 0 Å². The second-order valence-electron chi connectivity index (χ2n) is 8.21. The fourth-order valence-corrected chi connectivity index (χ4v) is 3.39. The van der Waals surface area contributed by atoms with Crippen molar-refractivity contribution in [2.45, 2.75) is 117 Å². The van der Waals surface area contributed by atoms with Gasteiger partial charge in [0.1, 0.15) is 24.4 Å². The third kappa shape index (κ3) is 11.1. The summed E-state index contributed by atoms with van der Waals surface area (Å²) in [4.78, 5) is 0. The van der Waals surface area contributed by atoms with Crippen molar-refractivity contribution >= 4 is 5.90 Å². The molecule has 0 saturated carbocycles. The summed E-state index contributed by atoms with van der Waals surface area (Å²) in [5.74, 6) is 0.0948. The molecule has 5 unspecified atom stereocenters. The van der Waals surface area contributed by atoms with E-state index in [1.807, 2.05) is 0 Å². The van der Waals surface area contributed by atoms with Crippen LogP contribution in [0.15, 0.2) is 0 Å². The molecule has 0 amide bonds. The van der Waals surface area contributed by atoms with Crippen molar-refractivity contribution < 1.29 is 28.4 Å². The van der Waals surface area contributed by atoms with Crippen LogP contribution in [0.4, 0.5) is 0 Å². The van der Waals surface area contributed by atoms with Crippen molar-refractivity contribution in [3.8, 4) is 0 Å². The van der Waals surface area contributed by atoms with Gasteiger partial charge in [-0.05, 0) is 25.7 Å². The van der Waals surface area contributed by atoms with Gasteiger partial charge >= 0.3 is 0 Å². The SMILES string of the molecule is CCCCOCC1OC(OC(C)=N)C(OCCCC)C(OCCCC)C1OCCCC. The van der Waals surface area contributed by atoms with E-state index >= 15 is 0 Å². The van der Waals surface area contributed by atoms with Gasteiger partial charge in [0.05, 0.1) is 6.61 Å². The van der Waals surface area contributed by atoms with Crippen molar-refractivity contribution in [3.05, 3.63) is 0 Å². The van der Waals surface area contributed by atoms with Crippen LogP contribution in [0, 0.1) is 5.41 Å². The molecule has 1 heterocycles. The molecule has 0 bridgehead atoms. The van der Waals surface area contributed by atoms with Crippen molar-refractivity contribution in [1.82, 2.24) is 0 Å². The molecule has 1 rings (SSSR count). The molecule has 0 radical (unpaired) electrons. The maximum absolute atomic E-state index is 7.85. The number of ether oxygens (including phenoxy) is 6. The van der Waals surface area contributed by atoms with E-state index in [1.54, 1.807) is 6.92 Å². The Kier molecular flexibility index (Phi) is 16.2. The van der Waals surface area contributed by atoms with Gasteiger partial charge in [-0.25, -0.2) is 0 Å².